The number of benzene rings is 3. The number of aryl methyl sites for hydroxylation is 2. The molecule has 2 heteroatoms. The number of hydrogen-bond acceptors (Lipinski definition) is 1. The Morgan fingerprint density at radius 2 is 1.21 bits per heavy atom. The van der Waals surface area contributed by atoms with E-state index in [4.69, 9.17) is 4.99 Å². The quantitative estimate of drug-likeness (QED) is 0.453. The van der Waals surface area contributed by atoms with Crippen molar-refractivity contribution in [3.05, 3.63) is 90.0 Å². The Kier molecular flexibility index (Phi) is 5.56. The van der Waals surface area contributed by atoms with Crippen LogP contribution in [0.4, 0.5) is 5.69 Å². The molecule has 0 radical (unpaired) electrons. The van der Waals surface area contributed by atoms with Crippen LogP contribution in [0, 0.1) is 13.8 Å². The average Bonchev–Trinajstić information content (AvgIpc) is 2.62. The Labute approximate surface area is 145 Å². The molecule has 0 aliphatic heterocycles. The monoisotopic (exact) mass is 331 g/mol. The van der Waals surface area contributed by atoms with Crippen molar-refractivity contribution >= 4 is 30.4 Å². The van der Waals surface area contributed by atoms with Gasteiger partial charge in [-0.15, -0.1) is 0 Å². The molecule has 0 aliphatic carbocycles. The Morgan fingerprint density at radius 3 is 1.71 bits per heavy atom. The van der Waals surface area contributed by atoms with Crippen LogP contribution < -0.4 is 10.6 Å². The Balaban J connectivity index is 1.87. The van der Waals surface area contributed by atoms with E-state index in [1.807, 2.05) is 0 Å². The van der Waals surface area contributed by atoms with Crippen molar-refractivity contribution in [2.75, 3.05) is 6.16 Å². The van der Waals surface area contributed by atoms with Gasteiger partial charge in [0, 0.05) is 12.4 Å². The second-order valence-corrected chi connectivity index (χ2v) is 8.09. The van der Waals surface area contributed by atoms with Crippen LogP contribution in [0.25, 0.3) is 0 Å². The van der Waals surface area contributed by atoms with Crippen LogP contribution >= 0.6 is 7.92 Å². The highest BCUT2D eigenvalue weighted by atomic mass is 31.1. The van der Waals surface area contributed by atoms with E-state index in [1.165, 1.54) is 21.7 Å². The summed E-state index contributed by atoms with van der Waals surface area (Å²) in [5.41, 5.74) is 3.57. The van der Waals surface area contributed by atoms with Gasteiger partial charge in [0.15, 0.2) is 0 Å². The van der Waals surface area contributed by atoms with E-state index >= 15 is 0 Å². The molecule has 0 fully saturated rings. The first-order valence-corrected chi connectivity index (χ1v) is 9.75. The van der Waals surface area contributed by atoms with Crippen molar-refractivity contribution in [3.8, 4) is 0 Å². The summed E-state index contributed by atoms with van der Waals surface area (Å²) in [6.45, 7) is 4.24. The predicted octanol–water partition coefficient (Wildman–Crippen LogP) is 5.14. The first-order chi connectivity index (χ1) is 11.8. The molecular weight excluding hydrogens is 309 g/mol. The van der Waals surface area contributed by atoms with Crippen LogP contribution in [0.2, 0.25) is 0 Å². The summed E-state index contributed by atoms with van der Waals surface area (Å²) >= 11 is 0. The maximum atomic E-state index is 4.79. The van der Waals surface area contributed by atoms with E-state index in [0.717, 1.165) is 11.8 Å². The smallest absolute Gasteiger partial charge is 0.0684 e. The minimum atomic E-state index is -0.416. The van der Waals surface area contributed by atoms with Crippen LogP contribution in [-0.4, -0.2) is 12.4 Å². The topological polar surface area (TPSA) is 12.4 Å². The molecule has 120 valence electrons. The van der Waals surface area contributed by atoms with Gasteiger partial charge in [0.1, 0.15) is 0 Å². The third-order valence-electron chi connectivity index (χ3n) is 4.06. The minimum Gasteiger partial charge on any atom is -0.260 e. The lowest BCUT2D eigenvalue weighted by Gasteiger charge is -2.16. The lowest BCUT2D eigenvalue weighted by atomic mass is 10.1. The van der Waals surface area contributed by atoms with Crippen molar-refractivity contribution in [2.45, 2.75) is 13.8 Å². The summed E-state index contributed by atoms with van der Waals surface area (Å²) in [6, 6.07) is 27.9. The maximum Gasteiger partial charge on any atom is 0.0684 e. The molecule has 0 unspecified atom stereocenters. The van der Waals surface area contributed by atoms with Crippen LogP contribution in [0.1, 0.15) is 11.1 Å². The van der Waals surface area contributed by atoms with Crippen LogP contribution in [0.3, 0.4) is 0 Å². The van der Waals surface area contributed by atoms with Gasteiger partial charge in [0.25, 0.3) is 0 Å². The molecule has 0 aromatic heterocycles. The summed E-state index contributed by atoms with van der Waals surface area (Å²) in [7, 11) is -0.416. The van der Waals surface area contributed by atoms with E-state index in [2.05, 4.69) is 98.9 Å². The van der Waals surface area contributed by atoms with E-state index < -0.39 is 7.92 Å². The van der Waals surface area contributed by atoms with Gasteiger partial charge in [-0.1, -0.05) is 78.9 Å². The average molecular weight is 331 g/mol. The van der Waals surface area contributed by atoms with Gasteiger partial charge >= 0.3 is 0 Å². The van der Waals surface area contributed by atoms with E-state index in [1.54, 1.807) is 0 Å². The highest BCUT2D eigenvalue weighted by molar-refractivity contribution is 7.73. The number of aliphatic imine (C=N–C) groups is 1. The zero-order valence-electron chi connectivity index (χ0n) is 14.2. The fraction of sp³-hybridized carbons (Fsp3) is 0.136. The maximum absolute atomic E-state index is 4.79. The van der Waals surface area contributed by atoms with Gasteiger partial charge in [0.05, 0.1) is 5.69 Å². The Morgan fingerprint density at radius 1 is 0.708 bits per heavy atom. The molecule has 3 rings (SSSR count). The highest BCUT2D eigenvalue weighted by Crippen LogP contribution is 2.32. The molecule has 0 saturated carbocycles. The number of para-hydroxylation sites is 1. The van der Waals surface area contributed by atoms with Crippen molar-refractivity contribution in [1.29, 1.82) is 0 Å². The summed E-state index contributed by atoms with van der Waals surface area (Å²) in [4.78, 5) is 4.79. The van der Waals surface area contributed by atoms with Crippen LogP contribution in [0.5, 0.6) is 0 Å². The van der Waals surface area contributed by atoms with Gasteiger partial charge in [-0.3, -0.25) is 4.99 Å². The molecular formula is C22H22NP. The van der Waals surface area contributed by atoms with E-state index in [0.29, 0.717) is 0 Å². The zero-order valence-corrected chi connectivity index (χ0v) is 15.1. The molecule has 1 nitrogen and oxygen atoms in total. The fourth-order valence-electron chi connectivity index (χ4n) is 2.80. The number of hydrogen-bond donors (Lipinski definition) is 0. The standard InChI is InChI=1S/C22H22NP/c1-18-10-9-11-19(2)22(18)23-16-17-24(20-12-5-3-6-13-20)21-14-7-4-8-15-21/h3-16H,17H2,1-2H3. The van der Waals surface area contributed by atoms with E-state index in [9.17, 15) is 0 Å². The van der Waals surface area contributed by atoms with Gasteiger partial charge in [-0.25, -0.2) is 0 Å². The molecule has 0 amide bonds. The summed E-state index contributed by atoms with van der Waals surface area (Å²) in [5.74, 6) is 0. The van der Waals surface area contributed by atoms with Crippen LogP contribution in [0.15, 0.2) is 83.9 Å². The molecule has 3 aromatic carbocycles. The molecule has 0 saturated heterocycles. The number of nitrogens with zero attached hydrogens (tertiary/aromatic N) is 1. The molecule has 3 aromatic rings. The van der Waals surface area contributed by atoms with Crippen molar-refractivity contribution in [1.82, 2.24) is 0 Å². The highest BCUT2D eigenvalue weighted by Gasteiger charge is 2.11. The third kappa shape index (κ3) is 3.99. The molecule has 0 bridgehead atoms. The third-order valence-corrected chi connectivity index (χ3v) is 6.43. The summed E-state index contributed by atoms with van der Waals surface area (Å²) in [5, 5.41) is 2.79. The lowest BCUT2D eigenvalue weighted by Crippen LogP contribution is -2.14. The molecule has 0 N–H and O–H groups in total. The van der Waals surface area contributed by atoms with Gasteiger partial charge < -0.3 is 0 Å². The Bertz CT molecular complexity index is 750. The molecule has 24 heavy (non-hydrogen) atoms. The second kappa shape index (κ2) is 8.04. The normalized spacial score (nSPS) is 11.3. The minimum absolute atomic E-state index is 0.416. The zero-order chi connectivity index (χ0) is 16.8. The first kappa shape index (κ1) is 16.6. The molecule has 0 atom stereocenters. The van der Waals surface area contributed by atoms with Crippen LogP contribution in [-0.2, 0) is 0 Å². The van der Waals surface area contributed by atoms with Gasteiger partial charge in [-0.05, 0) is 43.5 Å². The number of rotatable bonds is 5. The van der Waals surface area contributed by atoms with Crippen molar-refractivity contribution in [3.63, 3.8) is 0 Å². The predicted molar refractivity (Wildman–Crippen MR) is 108 cm³/mol. The fourth-order valence-corrected chi connectivity index (χ4v) is 4.83. The van der Waals surface area contributed by atoms with E-state index in [-0.39, 0.29) is 0 Å². The summed E-state index contributed by atoms with van der Waals surface area (Å²) in [6.07, 6.45) is 3.05. The molecule has 0 spiro atoms. The van der Waals surface area contributed by atoms with Crippen molar-refractivity contribution < 1.29 is 0 Å². The molecule has 0 heterocycles. The van der Waals surface area contributed by atoms with Gasteiger partial charge in [-0.2, -0.15) is 0 Å². The first-order valence-electron chi connectivity index (χ1n) is 8.22. The van der Waals surface area contributed by atoms with Crippen molar-refractivity contribution in [2.24, 2.45) is 4.99 Å². The van der Waals surface area contributed by atoms with Gasteiger partial charge in [0.2, 0.25) is 0 Å². The molecule has 0 aliphatic rings. The Hall–Kier alpha value is -2.24. The summed E-state index contributed by atoms with van der Waals surface area (Å²) < 4.78 is 0. The second-order valence-electron chi connectivity index (χ2n) is 5.83. The largest absolute Gasteiger partial charge is 0.260 e. The SMILES string of the molecule is Cc1cccc(C)c1N=CCP(c1ccccc1)c1ccccc1. The lowest BCUT2D eigenvalue weighted by molar-refractivity contribution is 1.33.